The molecule has 1 N–H and O–H groups in total. The van der Waals surface area contributed by atoms with Crippen molar-refractivity contribution in [3.05, 3.63) is 58.3 Å². The largest absolute Gasteiger partial charge is 0.312 e. The van der Waals surface area contributed by atoms with E-state index in [-0.39, 0.29) is 5.91 Å². The van der Waals surface area contributed by atoms with Gasteiger partial charge in [0.05, 0.1) is 0 Å². The van der Waals surface area contributed by atoms with Crippen LogP contribution in [0.2, 0.25) is 0 Å². The normalized spacial score (nSPS) is 14.7. The molecule has 2 aromatic heterocycles. The van der Waals surface area contributed by atoms with E-state index in [9.17, 15) is 4.79 Å². The number of rotatable bonds is 0. The van der Waals surface area contributed by atoms with Gasteiger partial charge in [-0.2, -0.15) is 11.8 Å². The summed E-state index contributed by atoms with van der Waals surface area (Å²) in [5, 5.41) is 11.1. The van der Waals surface area contributed by atoms with Crippen molar-refractivity contribution in [1.82, 2.24) is 19.7 Å². The van der Waals surface area contributed by atoms with E-state index in [2.05, 4.69) is 36.4 Å². The number of hydrogen-bond acceptors (Lipinski definition) is 5. The summed E-state index contributed by atoms with van der Waals surface area (Å²) in [5.41, 5.74) is 2.38. The lowest BCUT2D eigenvalue weighted by Gasteiger charge is -2.13. The highest BCUT2D eigenvalue weighted by atomic mass is 79.9. The van der Waals surface area contributed by atoms with Crippen molar-refractivity contribution in [2.45, 2.75) is 18.7 Å². The molecular weight excluding hydrogens is 414 g/mol. The number of aryl methyl sites for hydroxylation is 1. The fraction of sp³-hybridized carbons (Fsp3) is 0.222. The topological polar surface area (TPSA) is 72.7 Å². The van der Waals surface area contributed by atoms with E-state index in [0.717, 1.165) is 34.5 Å². The third-order valence-electron chi connectivity index (χ3n) is 4.10. The van der Waals surface area contributed by atoms with Gasteiger partial charge in [0.25, 0.3) is 5.91 Å². The standard InChI is InChI=1S/C18H16BrN5OS/c19-13-6-5-12-10-26-8-2-7-24-11-20-23-17(24)15-3-1-4-16(21-15)22-18(25)14(12)9-13/h1,3-6,9,11H,2,7-8,10H2,(H,21,22,25). The predicted molar refractivity (Wildman–Crippen MR) is 106 cm³/mol. The molecular formula is C18H16BrN5OS. The van der Waals surface area contributed by atoms with Crippen molar-refractivity contribution in [3.63, 3.8) is 0 Å². The Labute approximate surface area is 163 Å². The van der Waals surface area contributed by atoms with Crippen LogP contribution in [0.5, 0.6) is 0 Å². The van der Waals surface area contributed by atoms with E-state index in [4.69, 9.17) is 0 Å². The smallest absolute Gasteiger partial charge is 0.257 e. The number of hydrogen-bond donors (Lipinski definition) is 1. The highest BCUT2D eigenvalue weighted by Gasteiger charge is 2.15. The van der Waals surface area contributed by atoms with Gasteiger partial charge in [0, 0.05) is 22.3 Å². The van der Waals surface area contributed by atoms with Crippen molar-refractivity contribution in [1.29, 1.82) is 0 Å². The SMILES string of the molecule is O=C1Nc2cccc(n2)-c2nncn2CCCSCc2ccc(Br)cc21. The van der Waals surface area contributed by atoms with Crippen LogP contribution in [-0.2, 0) is 12.3 Å². The number of carbonyl (C=O) groups excluding carboxylic acids is 1. The number of aromatic nitrogens is 4. The van der Waals surface area contributed by atoms with Gasteiger partial charge in [-0.1, -0.05) is 28.1 Å². The molecule has 1 aliphatic heterocycles. The summed E-state index contributed by atoms with van der Waals surface area (Å²) in [6.07, 6.45) is 2.72. The number of amides is 1. The summed E-state index contributed by atoms with van der Waals surface area (Å²) in [5.74, 6) is 2.83. The molecule has 0 fully saturated rings. The van der Waals surface area contributed by atoms with Gasteiger partial charge < -0.3 is 9.88 Å². The third-order valence-corrected chi connectivity index (χ3v) is 5.68. The van der Waals surface area contributed by atoms with E-state index >= 15 is 0 Å². The number of benzene rings is 1. The third kappa shape index (κ3) is 3.66. The van der Waals surface area contributed by atoms with Gasteiger partial charge in [-0.05, 0) is 42.0 Å². The maximum atomic E-state index is 12.8. The zero-order valence-electron chi connectivity index (χ0n) is 13.9. The molecule has 0 unspecified atom stereocenters. The average Bonchev–Trinajstić information content (AvgIpc) is 3.10. The van der Waals surface area contributed by atoms with Gasteiger partial charge >= 0.3 is 0 Å². The number of carbonyl (C=O) groups is 1. The van der Waals surface area contributed by atoms with Crippen LogP contribution < -0.4 is 5.32 Å². The van der Waals surface area contributed by atoms with Crippen LogP contribution in [0.25, 0.3) is 11.5 Å². The number of thioether (sulfide) groups is 1. The molecule has 1 aliphatic rings. The number of fused-ring (bicyclic) bond motifs is 5. The van der Waals surface area contributed by atoms with E-state index in [1.165, 1.54) is 0 Å². The number of anilines is 1. The van der Waals surface area contributed by atoms with Crippen LogP contribution in [0.4, 0.5) is 5.82 Å². The lowest BCUT2D eigenvalue weighted by molar-refractivity contribution is 0.102. The predicted octanol–water partition coefficient (Wildman–Crippen LogP) is 3.99. The minimum Gasteiger partial charge on any atom is -0.312 e. The average molecular weight is 430 g/mol. The van der Waals surface area contributed by atoms with E-state index in [0.29, 0.717) is 22.9 Å². The summed E-state index contributed by atoms with van der Waals surface area (Å²) in [6, 6.07) is 11.3. The molecule has 2 bridgehead atoms. The number of nitrogens with zero attached hydrogens (tertiary/aromatic N) is 4. The van der Waals surface area contributed by atoms with Crippen LogP contribution in [0, 0.1) is 0 Å². The van der Waals surface area contributed by atoms with Crippen LogP contribution in [0.15, 0.2) is 47.2 Å². The summed E-state index contributed by atoms with van der Waals surface area (Å²) in [6.45, 7) is 0.834. The Morgan fingerprint density at radius 1 is 1.23 bits per heavy atom. The first kappa shape index (κ1) is 17.2. The molecule has 0 saturated carbocycles. The van der Waals surface area contributed by atoms with Crippen molar-refractivity contribution in [3.8, 4) is 11.5 Å². The summed E-state index contributed by atoms with van der Waals surface area (Å²) in [4.78, 5) is 17.4. The van der Waals surface area contributed by atoms with Gasteiger partial charge in [-0.15, -0.1) is 10.2 Å². The molecule has 26 heavy (non-hydrogen) atoms. The number of halogens is 1. The fourth-order valence-corrected chi connectivity index (χ4v) is 4.14. The maximum absolute atomic E-state index is 12.8. The van der Waals surface area contributed by atoms with Crippen LogP contribution >= 0.6 is 27.7 Å². The first-order valence-corrected chi connectivity index (χ1v) is 10.2. The molecule has 0 radical (unpaired) electrons. The highest BCUT2D eigenvalue weighted by Crippen LogP contribution is 2.24. The summed E-state index contributed by atoms with van der Waals surface area (Å²) < 4.78 is 2.89. The Kier molecular flexibility index (Phi) is 5.03. The Morgan fingerprint density at radius 3 is 3.08 bits per heavy atom. The van der Waals surface area contributed by atoms with Gasteiger partial charge in [0.2, 0.25) is 0 Å². The van der Waals surface area contributed by atoms with Crippen LogP contribution in [0.1, 0.15) is 22.3 Å². The van der Waals surface area contributed by atoms with Crippen LogP contribution in [0.3, 0.4) is 0 Å². The van der Waals surface area contributed by atoms with E-state index in [1.807, 2.05) is 46.7 Å². The zero-order valence-corrected chi connectivity index (χ0v) is 16.3. The molecule has 0 atom stereocenters. The first-order chi connectivity index (χ1) is 12.7. The molecule has 0 spiro atoms. The van der Waals surface area contributed by atoms with Gasteiger partial charge in [-0.25, -0.2) is 4.98 Å². The molecule has 1 amide bonds. The van der Waals surface area contributed by atoms with Gasteiger partial charge in [0.1, 0.15) is 17.8 Å². The minimum atomic E-state index is -0.162. The summed E-state index contributed by atoms with van der Waals surface area (Å²) >= 11 is 5.28. The van der Waals surface area contributed by atoms with E-state index < -0.39 is 0 Å². The molecule has 6 nitrogen and oxygen atoms in total. The van der Waals surface area contributed by atoms with Crippen molar-refractivity contribution in [2.24, 2.45) is 0 Å². The maximum Gasteiger partial charge on any atom is 0.257 e. The molecule has 0 saturated heterocycles. The Hall–Kier alpha value is -2.19. The summed E-state index contributed by atoms with van der Waals surface area (Å²) in [7, 11) is 0. The molecule has 1 aromatic carbocycles. The number of nitrogens with one attached hydrogen (secondary N) is 1. The molecule has 3 heterocycles. The van der Waals surface area contributed by atoms with Gasteiger partial charge in [-0.3, -0.25) is 4.79 Å². The zero-order chi connectivity index (χ0) is 17.9. The molecule has 132 valence electrons. The lowest BCUT2D eigenvalue weighted by Crippen LogP contribution is -2.15. The highest BCUT2D eigenvalue weighted by molar-refractivity contribution is 9.10. The molecule has 8 heteroatoms. The second-order valence-corrected chi connectivity index (χ2v) is 7.94. The Bertz CT molecular complexity index is 958. The second-order valence-electron chi connectivity index (χ2n) is 5.92. The number of pyridine rings is 1. The van der Waals surface area contributed by atoms with Crippen LogP contribution in [-0.4, -0.2) is 31.4 Å². The monoisotopic (exact) mass is 429 g/mol. The Morgan fingerprint density at radius 2 is 2.15 bits per heavy atom. The van der Waals surface area contributed by atoms with Crippen molar-refractivity contribution >= 4 is 39.4 Å². The van der Waals surface area contributed by atoms with Crippen molar-refractivity contribution < 1.29 is 4.79 Å². The lowest BCUT2D eigenvalue weighted by atomic mass is 10.1. The minimum absolute atomic E-state index is 0.162. The van der Waals surface area contributed by atoms with Gasteiger partial charge in [0.15, 0.2) is 5.82 Å². The fourth-order valence-electron chi connectivity index (χ4n) is 2.83. The first-order valence-electron chi connectivity index (χ1n) is 8.23. The second kappa shape index (κ2) is 7.59. The van der Waals surface area contributed by atoms with Crippen molar-refractivity contribution in [2.75, 3.05) is 11.1 Å². The molecule has 3 aromatic rings. The molecule has 0 aliphatic carbocycles. The van der Waals surface area contributed by atoms with E-state index in [1.54, 1.807) is 12.4 Å². The quantitative estimate of drug-likeness (QED) is 0.584. The Balaban J connectivity index is 1.74. The molecule has 4 rings (SSSR count).